The van der Waals surface area contributed by atoms with Crippen LogP contribution in [0.2, 0.25) is 0 Å². The maximum absolute atomic E-state index is 12.4. The van der Waals surface area contributed by atoms with Crippen LogP contribution in [0.25, 0.3) is 11.1 Å². The van der Waals surface area contributed by atoms with Gasteiger partial charge < -0.3 is 4.74 Å². The maximum Gasteiger partial charge on any atom is 0.338 e. The summed E-state index contributed by atoms with van der Waals surface area (Å²) in [6.45, 7) is 4.27. The maximum atomic E-state index is 12.4. The van der Waals surface area contributed by atoms with Crippen LogP contribution in [0.4, 0.5) is 0 Å². The number of carbonyl (C=O) groups is 1. The number of fused-ring (bicyclic) bond motifs is 1. The molecule has 0 N–H and O–H groups in total. The molecular weight excluding hydrogens is 412 g/mol. The van der Waals surface area contributed by atoms with Gasteiger partial charge in [0.25, 0.3) is 0 Å². The fraction of sp³-hybridized carbons (Fsp3) is 0.138. The predicted molar refractivity (Wildman–Crippen MR) is 131 cm³/mol. The van der Waals surface area contributed by atoms with E-state index >= 15 is 0 Å². The molecule has 0 bridgehead atoms. The smallest absolute Gasteiger partial charge is 0.338 e. The zero-order chi connectivity index (χ0) is 22.5. The first-order valence-corrected chi connectivity index (χ1v) is 11.2. The molecular formula is C29H22O2S. The van der Waals surface area contributed by atoms with Crippen molar-refractivity contribution in [2.45, 2.75) is 19.8 Å². The molecule has 2 aromatic rings. The fourth-order valence-corrected chi connectivity index (χ4v) is 4.11. The number of hydrogen-bond donors (Lipinski definition) is 0. The Bertz CT molecular complexity index is 1350. The average molecular weight is 435 g/mol. The van der Waals surface area contributed by atoms with Crippen molar-refractivity contribution in [1.82, 2.24) is 0 Å². The van der Waals surface area contributed by atoms with Gasteiger partial charge >= 0.3 is 5.97 Å². The van der Waals surface area contributed by atoms with Gasteiger partial charge in [0.2, 0.25) is 0 Å². The first kappa shape index (κ1) is 21.4. The highest BCUT2D eigenvalue weighted by Crippen LogP contribution is 2.34. The predicted octanol–water partition coefficient (Wildman–Crippen LogP) is 6.56. The van der Waals surface area contributed by atoms with Gasteiger partial charge in [0.1, 0.15) is 0 Å². The number of benzene rings is 1. The summed E-state index contributed by atoms with van der Waals surface area (Å²) < 4.78 is 5.02. The zero-order valence-electron chi connectivity index (χ0n) is 18.2. The summed E-state index contributed by atoms with van der Waals surface area (Å²) in [6, 6.07) is 23.9. The van der Waals surface area contributed by atoms with Gasteiger partial charge in [-0.15, -0.1) is 11.3 Å². The summed E-state index contributed by atoms with van der Waals surface area (Å²) in [4.78, 5) is 14.3. The van der Waals surface area contributed by atoms with Crippen LogP contribution in [-0.4, -0.2) is 13.1 Å². The lowest BCUT2D eigenvalue weighted by molar-refractivity contribution is 0.0602. The Morgan fingerprint density at radius 2 is 1.53 bits per heavy atom. The van der Waals surface area contributed by atoms with Gasteiger partial charge in [0.15, 0.2) is 0 Å². The van der Waals surface area contributed by atoms with Crippen molar-refractivity contribution in [2.24, 2.45) is 0 Å². The number of ether oxygens (including phenoxy) is 1. The van der Waals surface area contributed by atoms with E-state index in [-0.39, 0.29) is 5.97 Å². The zero-order valence-corrected chi connectivity index (χ0v) is 19.0. The largest absolute Gasteiger partial charge is 0.465 e. The lowest BCUT2D eigenvalue weighted by Crippen LogP contribution is -2.00. The van der Waals surface area contributed by atoms with Gasteiger partial charge in [0.05, 0.1) is 22.4 Å². The summed E-state index contributed by atoms with van der Waals surface area (Å²) in [5, 5.41) is 0. The highest BCUT2D eigenvalue weighted by molar-refractivity contribution is 7.13. The minimum Gasteiger partial charge on any atom is -0.465 e. The van der Waals surface area contributed by atoms with Crippen molar-refractivity contribution in [3.63, 3.8) is 0 Å². The van der Waals surface area contributed by atoms with Crippen LogP contribution in [0.5, 0.6) is 0 Å². The monoisotopic (exact) mass is 434 g/mol. The van der Waals surface area contributed by atoms with E-state index in [0.29, 0.717) is 11.5 Å². The van der Waals surface area contributed by atoms with Crippen LogP contribution >= 0.6 is 11.3 Å². The Balaban J connectivity index is 1.68. The normalized spacial score (nSPS) is 10.2. The van der Waals surface area contributed by atoms with E-state index in [1.807, 2.05) is 60.7 Å². The number of carbonyl (C=O) groups excluding carboxylic acids is 1. The summed E-state index contributed by atoms with van der Waals surface area (Å²) in [6.07, 6.45) is 0. The Labute approximate surface area is 193 Å². The molecule has 156 valence electrons. The van der Waals surface area contributed by atoms with E-state index in [9.17, 15) is 4.79 Å². The molecule has 1 aromatic heterocycles. The van der Waals surface area contributed by atoms with E-state index in [1.54, 1.807) is 11.3 Å². The highest BCUT2D eigenvalue weighted by atomic mass is 32.1. The van der Waals surface area contributed by atoms with E-state index < -0.39 is 0 Å². The van der Waals surface area contributed by atoms with Crippen molar-refractivity contribution in [2.75, 3.05) is 7.11 Å². The Kier molecular flexibility index (Phi) is 6.41. The standard InChI is InChI=1S/C29H22O2S/c1-20(2)22-10-7-11-26-23(19-28(27(26)18-22)29(30)31-3)13-15-25-17-16-24(32-25)14-12-21-8-5-4-6-9-21/h4-11,16-20H,1-3H3. The van der Waals surface area contributed by atoms with Gasteiger partial charge in [-0.3, -0.25) is 0 Å². The van der Waals surface area contributed by atoms with Gasteiger partial charge in [-0.25, -0.2) is 4.79 Å². The number of esters is 1. The molecule has 32 heavy (non-hydrogen) atoms. The van der Waals surface area contributed by atoms with Gasteiger partial charge in [-0.05, 0) is 59.0 Å². The first-order chi connectivity index (χ1) is 15.5. The SMILES string of the molecule is COC(=O)c1cc(C#Cc2ccc(C#Cc3ccccc3)s2)c2cccc(C(C)C)cc1-2. The van der Waals surface area contributed by atoms with Crippen molar-refractivity contribution >= 4 is 17.3 Å². The summed E-state index contributed by atoms with van der Waals surface area (Å²) in [5.41, 5.74) is 5.33. The van der Waals surface area contributed by atoms with Gasteiger partial charge in [0, 0.05) is 11.1 Å². The molecule has 0 unspecified atom stereocenters. The van der Waals surface area contributed by atoms with Crippen molar-refractivity contribution < 1.29 is 9.53 Å². The molecule has 0 spiro atoms. The molecule has 2 nitrogen and oxygen atoms in total. The quantitative estimate of drug-likeness (QED) is 0.264. The number of methoxy groups -OCH3 is 1. The molecule has 1 aromatic carbocycles. The minimum atomic E-state index is -0.349. The molecule has 0 saturated carbocycles. The summed E-state index contributed by atoms with van der Waals surface area (Å²) in [7, 11) is 1.41. The lowest BCUT2D eigenvalue weighted by Gasteiger charge is -2.04. The fourth-order valence-electron chi connectivity index (χ4n) is 3.39. The van der Waals surface area contributed by atoms with E-state index in [4.69, 9.17) is 4.74 Å². The van der Waals surface area contributed by atoms with Gasteiger partial charge in [-0.1, -0.05) is 73.9 Å². The molecule has 0 atom stereocenters. The molecule has 1 heterocycles. The molecule has 0 fully saturated rings. The molecule has 0 aliphatic heterocycles. The lowest BCUT2D eigenvalue weighted by atomic mass is 10.0. The summed E-state index contributed by atoms with van der Waals surface area (Å²) in [5.74, 6) is 12.9. The van der Waals surface area contributed by atoms with Crippen LogP contribution in [0.15, 0.2) is 72.8 Å². The number of hydrogen-bond acceptors (Lipinski definition) is 3. The van der Waals surface area contributed by atoms with Crippen LogP contribution < -0.4 is 0 Å². The second-order valence-corrected chi connectivity index (χ2v) is 8.73. The Morgan fingerprint density at radius 3 is 2.22 bits per heavy atom. The third-order valence-electron chi connectivity index (χ3n) is 5.12. The van der Waals surface area contributed by atoms with Crippen LogP contribution in [0, 0.1) is 23.7 Å². The van der Waals surface area contributed by atoms with Gasteiger partial charge in [-0.2, -0.15) is 0 Å². The Morgan fingerprint density at radius 1 is 0.812 bits per heavy atom. The van der Waals surface area contributed by atoms with E-state index in [0.717, 1.165) is 37.6 Å². The van der Waals surface area contributed by atoms with Crippen molar-refractivity contribution in [1.29, 1.82) is 0 Å². The minimum absolute atomic E-state index is 0.349. The van der Waals surface area contributed by atoms with Crippen LogP contribution in [-0.2, 0) is 4.74 Å². The molecule has 4 rings (SSSR count). The molecule has 3 heteroatoms. The molecule has 2 aliphatic rings. The number of thiophene rings is 1. The third-order valence-corrected chi connectivity index (χ3v) is 6.04. The molecule has 2 aliphatic carbocycles. The van der Waals surface area contributed by atoms with Crippen molar-refractivity contribution in [3.05, 3.63) is 105 Å². The first-order valence-electron chi connectivity index (χ1n) is 10.4. The van der Waals surface area contributed by atoms with E-state index in [2.05, 4.69) is 49.7 Å². The van der Waals surface area contributed by atoms with Crippen LogP contribution in [0.3, 0.4) is 0 Å². The Hall–Kier alpha value is -3.79. The molecule has 0 amide bonds. The average Bonchev–Trinajstić information content (AvgIpc) is 3.33. The second kappa shape index (κ2) is 9.56. The third kappa shape index (κ3) is 4.75. The van der Waals surface area contributed by atoms with E-state index in [1.165, 1.54) is 7.11 Å². The topological polar surface area (TPSA) is 26.3 Å². The highest BCUT2D eigenvalue weighted by Gasteiger charge is 2.20. The second-order valence-electron chi connectivity index (χ2n) is 7.65. The van der Waals surface area contributed by atoms with Crippen molar-refractivity contribution in [3.8, 4) is 34.8 Å². The number of rotatable bonds is 2. The molecule has 0 saturated heterocycles. The molecule has 0 radical (unpaired) electrons. The van der Waals surface area contributed by atoms with Crippen LogP contribution in [0.1, 0.15) is 56.6 Å². The summed E-state index contributed by atoms with van der Waals surface area (Å²) >= 11 is 1.56.